The fraction of sp³-hybridized carbons (Fsp3) is 0. The molecule has 11 nitrogen and oxygen atoms in total. The number of aromatic nitrogens is 1. The van der Waals surface area contributed by atoms with Crippen LogP contribution in [0.25, 0.3) is 10.9 Å². The molecule has 28 heavy (non-hydrogen) atoms. The summed E-state index contributed by atoms with van der Waals surface area (Å²) in [5.41, 5.74) is -0.768. The van der Waals surface area contributed by atoms with E-state index in [4.69, 9.17) is 4.55 Å². The highest BCUT2D eigenvalue weighted by atomic mass is 32.2. The highest BCUT2D eigenvalue weighted by Crippen LogP contribution is 2.39. The summed E-state index contributed by atoms with van der Waals surface area (Å²) in [4.78, 5) is 2.72. The van der Waals surface area contributed by atoms with Crippen molar-refractivity contribution in [3.63, 3.8) is 0 Å². The van der Waals surface area contributed by atoms with Crippen LogP contribution in [-0.2, 0) is 20.2 Å². The number of phenols is 2. The summed E-state index contributed by atoms with van der Waals surface area (Å²) in [6.07, 6.45) is 1.29. The molecule has 3 aromatic rings. The van der Waals surface area contributed by atoms with Crippen LogP contribution >= 0.6 is 0 Å². The van der Waals surface area contributed by atoms with Crippen LogP contribution in [0.4, 0.5) is 11.4 Å². The van der Waals surface area contributed by atoms with Crippen LogP contribution < -0.4 is 0 Å². The van der Waals surface area contributed by atoms with E-state index in [0.29, 0.717) is 0 Å². The number of azo groups is 1. The quantitative estimate of drug-likeness (QED) is 0.360. The Kier molecular flexibility index (Phi) is 4.76. The molecule has 3 rings (SSSR count). The van der Waals surface area contributed by atoms with Gasteiger partial charge in [-0.15, -0.1) is 10.2 Å². The summed E-state index contributed by atoms with van der Waals surface area (Å²) < 4.78 is 63.7. The zero-order chi connectivity index (χ0) is 20.7. The first-order valence-corrected chi connectivity index (χ1v) is 10.2. The van der Waals surface area contributed by atoms with Gasteiger partial charge < -0.3 is 10.2 Å². The zero-order valence-electron chi connectivity index (χ0n) is 13.6. The molecule has 0 aliphatic carbocycles. The van der Waals surface area contributed by atoms with Gasteiger partial charge in [0.25, 0.3) is 20.2 Å². The van der Waals surface area contributed by atoms with E-state index in [1.165, 1.54) is 18.3 Å². The third-order valence-corrected chi connectivity index (χ3v) is 5.34. The molecule has 0 unspecified atom stereocenters. The SMILES string of the molecule is O=S(=O)(O)c1ccc(N=Nc2cc(S(=O)(=O)O)c3cccnc3c2O)c(O)c1. The Labute approximate surface area is 158 Å². The number of fused-ring (bicyclic) bond motifs is 1. The number of hydrogen-bond acceptors (Lipinski definition) is 9. The van der Waals surface area contributed by atoms with Gasteiger partial charge in [0.1, 0.15) is 27.5 Å². The maximum atomic E-state index is 11.6. The molecule has 0 fully saturated rings. The van der Waals surface area contributed by atoms with Gasteiger partial charge in [-0.05, 0) is 30.3 Å². The van der Waals surface area contributed by atoms with E-state index in [1.54, 1.807) is 0 Å². The molecule has 0 saturated heterocycles. The van der Waals surface area contributed by atoms with Crippen molar-refractivity contribution in [1.29, 1.82) is 0 Å². The van der Waals surface area contributed by atoms with Crippen LogP contribution in [-0.4, -0.2) is 41.1 Å². The Morgan fingerprint density at radius 1 is 0.857 bits per heavy atom. The van der Waals surface area contributed by atoms with Gasteiger partial charge in [-0.25, -0.2) is 0 Å². The molecule has 0 spiro atoms. The molecule has 0 aliphatic heterocycles. The minimum Gasteiger partial charge on any atom is -0.506 e. The third kappa shape index (κ3) is 3.77. The summed E-state index contributed by atoms with van der Waals surface area (Å²) >= 11 is 0. The van der Waals surface area contributed by atoms with Gasteiger partial charge in [-0.3, -0.25) is 14.1 Å². The second kappa shape index (κ2) is 6.79. The monoisotopic (exact) mass is 425 g/mol. The maximum Gasteiger partial charge on any atom is 0.295 e. The normalized spacial score (nSPS) is 12.6. The Morgan fingerprint density at radius 2 is 1.54 bits per heavy atom. The molecule has 0 radical (unpaired) electrons. The lowest BCUT2D eigenvalue weighted by Gasteiger charge is -2.07. The van der Waals surface area contributed by atoms with E-state index in [1.807, 2.05) is 0 Å². The molecule has 13 heteroatoms. The fourth-order valence-corrected chi connectivity index (χ4v) is 3.53. The van der Waals surface area contributed by atoms with Crippen LogP contribution in [0.3, 0.4) is 0 Å². The summed E-state index contributed by atoms with van der Waals surface area (Å²) in [6.45, 7) is 0. The van der Waals surface area contributed by atoms with Gasteiger partial charge >= 0.3 is 0 Å². The number of nitrogens with zero attached hydrogens (tertiary/aromatic N) is 3. The van der Waals surface area contributed by atoms with Crippen molar-refractivity contribution in [3.8, 4) is 11.5 Å². The largest absolute Gasteiger partial charge is 0.506 e. The average Bonchev–Trinajstić information content (AvgIpc) is 2.60. The molecular weight excluding hydrogens is 414 g/mol. The first-order valence-electron chi connectivity index (χ1n) is 7.29. The molecule has 0 bridgehead atoms. The van der Waals surface area contributed by atoms with E-state index < -0.39 is 41.5 Å². The lowest BCUT2D eigenvalue weighted by molar-refractivity contribution is 0.467. The first kappa shape index (κ1) is 19.6. The Balaban J connectivity index is 2.14. The van der Waals surface area contributed by atoms with Crippen LogP contribution in [0.1, 0.15) is 0 Å². The van der Waals surface area contributed by atoms with Gasteiger partial charge in [0.2, 0.25) is 0 Å². The third-order valence-electron chi connectivity index (χ3n) is 3.60. The molecule has 4 N–H and O–H groups in total. The van der Waals surface area contributed by atoms with Gasteiger partial charge in [-0.2, -0.15) is 16.8 Å². The Bertz CT molecular complexity index is 1330. The van der Waals surface area contributed by atoms with E-state index >= 15 is 0 Å². The lowest BCUT2D eigenvalue weighted by atomic mass is 10.2. The number of pyridine rings is 1. The van der Waals surface area contributed by atoms with Crippen LogP contribution in [0.2, 0.25) is 0 Å². The molecule has 1 heterocycles. The summed E-state index contributed by atoms with van der Waals surface area (Å²) in [5, 5.41) is 27.3. The number of hydrogen-bond donors (Lipinski definition) is 4. The minimum atomic E-state index is -4.68. The van der Waals surface area contributed by atoms with E-state index in [9.17, 15) is 31.6 Å². The molecule has 2 aromatic carbocycles. The van der Waals surface area contributed by atoms with Crippen molar-refractivity contribution in [2.45, 2.75) is 9.79 Å². The van der Waals surface area contributed by atoms with E-state index in [0.717, 1.165) is 24.3 Å². The number of benzene rings is 2. The minimum absolute atomic E-state index is 0.0400. The van der Waals surface area contributed by atoms with Crippen molar-refractivity contribution >= 4 is 42.5 Å². The van der Waals surface area contributed by atoms with Gasteiger partial charge in [0.15, 0.2) is 5.75 Å². The topological polar surface area (TPSA) is 187 Å². The summed E-state index contributed by atoms with van der Waals surface area (Å²) in [5.74, 6) is -1.17. The predicted octanol–water partition coefficient (Wildman–Crippen LogP) is 2.55. The molecule has 0 saturated carbocycles. The summed E-state index contributed by atoms with van der Waals surface area (Å²) in [6, 6.07) is 6.31. The standard InChI is InChI=1S/C15H11N3O8S2/c19-12-6-8(27(21,22)23)3-4-10(12)17-18-11-7-13(28(24,25)26)9-2-1-5-16-14(9)15(11)20/h1-7,19-20H,(H,21,22,23)(H,24,25,26). The second-order valence-corrected chi connectivity index (χ2v) is 8.25. The van der Waals surface area contributed by atoms with Crippen molar-refractivity contribution in [2.24, 2.45) is 10.2 Å². The Morgan fingerprint density at radius 3 is 2.14 bits per heavy atom. The van der Waals surface area contributed by atoms with Gasteiger partial charge in [-0.1, -0.05) is 0 Å². The number of aromatic hydroxyl groups is 2. The fourth-order valence-electron chi connectivity index (χ4n) is 2.33. The van der Waals surface area contributed by atoms with E-state index in [2.05, 4.69) is 15.2 Å². The molecule has 0 atom stereocenters. The van der Waals surface area contributed by atoms with Crippen molar-refractivity contribution in [1.82, 2.24) is 4.98 Å². The highest BCUT2D eigenvalue weighted by molar-refractivity contribution is 7.86. The number of phenolic OH excluding ortho intramolecular Hbond substituents is 2. The average molecular weight is 425 g/mol. The van der Waals surface area contributed by atoms with E-state index in [-0.39, 0.29) is 22.3 Å². The van der Waals surface area contributed by atoms with Crippen LogP contribution in [0, 0.1) is 0 Å². The molecular formula is C15H11N3O8S2. The maximum absolute atomic E-state index is 11.6. The Hall–Kier alpha value is -3.13. The van der Waals surface area contributed by atoms with Crippen molar-refractivity contribution < 1.29 is 36.2 Å². The lowest BCUT2D eigenvalue weighted by Crippen LogP contribution is -1.99. The molecule has 146 valence electrons. The highest BCUT2D eigenvalue weighted by Gasteiger charge is 2.20. The smallest absolute Gasteiger partial charge is 0.295 e. The zero-order valence-corrected chi connectivity index (χ0v) is 15.3. The van der Waals surface area contributed by atoms with Crippen molar-refractivity contribution in [2.75, 3.05) is 0 Å². The number of rotatable bonds is 4. The van der Waals surface area contributed by atoms with Crippen LogP contribution in [0.5, 0.6) is 11.5 Å². The molecule has 0 aliphatic rings. The first-order chi connectivity index (χ1) is 13.0. The molecule has 1 aromatic heterocycles. The predicted molar refractivity (Wildman–Crippen MR) is 95.3 cm³/mol. The summed E-state index contributed by atoms with van der Waals surface area (Å²) in [7, 11) is -9.22. The van der Waals surface area contributed by atoms with Gasteiger partial charge in [0.05, 0.1) is 4.90 Å². The van der Waals surface area contributed by atoms with Gasteiger partial charge in [0, 0.05) is 17.6 Å². The second-order valence-electron chi connectivity index (χ2n) is 5.44. The molecule has 0 amide bonds. The van der Waals surface area contributed by atoms with Crippen molar-refractivity contribution in [3.05, 3.63) is 42.6 Å². The van der Waals surface area contributed by atoms with Crippen LogP contribution in [0.15, 0.2) is 62.6 Å².